The Hall–Kier alpha value is -2.39. The standard InChI is InChI=1S/C18H16BrN3O2/c19-14-5-1-3-12(9-14)15-10-16(15)18(23)24-8-7-22-17-13(11-20)4-2-6-21-17/h1-6,9,15-16H,7-8,10H2,(H,21,22). The molecule has 0 spiro atoms. The molecule has 0 bridgehead atoms. The number of carbonyl (C=O) groups is 1. The molecule has 1 saturated carbocycles. The second-order valence-electron chi connectivity index (χ2n) is 5.61. The first-order valence-electron chi connectivity index (χ1n) is 7.70. The van der Waals surface area contributed by atoms with Crippen LogP contribution in [0.3, 0.4) is 0 Å². The monoisotopic (exact) mass is 385 g/mol. The molecule has 6 heteroatoms. The van der Waals surface area contributed by atoms with Gasteiger partial charge in [0.1, 0.15) is 18.5 Å². The van der Waals surface area contributed by atoms with Gasteiger partial charge in [-0.15, -0.1) is 0 Å². The Morgan fingerprint density at radius 1 is 1.42 bits per heavy atom. The molecule has 1 N–H and O–H groups in total. The maximum Gasteiger partial charge on any atom is 0.309 e. The van der Waals surface area contributed by atoms with Gasteiger partial charge in [0.15, 0.2) is 0 Å². The Balaban J connectivity index is 1.43. The third-order valence-electron chi connectivity index (χ3n) is 3.94. The van der Waals surface area contributed by atoms with Crippen molar-refractivity contribution in [3.63, 3.8) is 0 Å². The second-order valence-corrected chi connectivity index (χ2v) is 6.53. The second kappa shape index (κ2) is 7.45. The molecule has 0 aliphatic heterocycles. The molecule has 2 unspecified atom stereocenters. The number of nitriles is 1. The molecule has 0 saturated heterocycles. The van der Waals surface area contributed by atoms with Crippen molar-refractivity contribution < 1.29 is 9.53 Å². The number of hydrogen-bond acceptors (Lipinski definition) is 5. The molecule has 1 fully saturated rings. The zero-order valence-electron chi connectivity index (χ0n) is 12.9. The van der Waals surface area contributed by atoms with E-state index in [2.05, 4.69) is 32.3 Å². The quantitative estimate of drug-likeness (QED) is 0.608. The highest BCUT2D eigenvalue weighted by atomic mass is 79.9. The molecule has 2 atom stereocenters. The topological polar surface area (TPSA) is 75.0 Å². The van der Waals surface area contributed by atoms with Gasteiger partial charge in [0.2, 0.25) is 0 Å². The fraction of sp³-hybridized carbons (Fsp3) is 0.278. The van der Waals surface area contributed by atoms with Gasteiger partial charge in [0.05, 0.1) is 18.0 Å². The summed E-state index contributed by atoms with van der Waals surface area (Å²) in [5.74, 6) is 0.547. The van der Waals surface area contributed by atoms with E-state index in [1.165, 1.54) is 0 Å². The van der Waals surface area contributed by atoms with Gasteiger partial charge in [-0.05, 0) is 42.2 Å². The van der Waals surface area contributed by atoms with Gasteiger partial charge in [-0.2, -0.15) is 5.26 Å². The lowest BCUT2D eigenvalue weighted by Gasteiger charge is -2.08. The predicted molar refractivity (Wildman–Crippen MR) is 93.4 cm³/mol. The fourth-order valence-corrected chi connectivity index (χ4v) is 3.04. The first-order chi connectivity index (χ1) is 11.7. The van der Waals surface area contributed by atoms with E-state index in [0.717, 1.165) is 16.5 Å². The molecular formula is C18H16BrN3O2. The van der Waals surface area contributed by atoms with Crippen molar-refractivity contribution in [2.75, 3.05) is 18.5 Å². The summed E-state index contributed by atoms with van der Waals surface area (Å²) in [7, 11) is 0. The third-order valence-corrected chi connectivity index (χ3v) is 4.43. The van der Waals surface area contributed by atoms with Crippen LogP contribution in [0, 0.1) is 17.2 Å². The molecule has 1 heterocycles. The summed E-state index contributed by atoms with van der Waals surface area (Å²) in [5, 5.41) is 12.0. The number of carbonyl (C=O) groups excluding carboxylic acids is 1. The van der Waals surface area contributed by atoms with E-state index in [0.29, 0.717) is 17.9 Å². The molecule has 122 valence electrons. The van der Waals surface area contributed by atoms with Crippen LogP contribution < -0.4 is 5.32 Å². The van der Waals surface area contributed by atoms with Crippen LogP contribution in [0.5, 0.6) is 0 Å². The Bertz CT molecular complexity index is 788. The predicted octanol–water partition coefficient (Wildman–Crippen LogP) is 3.47. The lowest BCUT2D eigenvalue weighted by molar-refractivity contribution is -0.144. The number of pyridine rings is 1. The average Bonchev–Trinajstić information content (AvgIpc) is 3.40. The van der Waals surface area contributed by atoms with Gasteiger partial charge < -0.3 is 10.1 Å². The summed E-state index contributed by atoms with van der Waals surface area (Å²) in [6, 6.07) is 13.5. The molecule has 24 heavy (non-hydrogen) atoms. The van der Waals surface area contributed by atoms with Crippen LogP contribution in [-0.4, -0.2) is 24.1 Å². The maximum atomic E-state index is 12.1. The lowest BCUT2D eigenvalue weighted by Crippen LogP contribution is -2.16. The molecule has 1 aliphatic carbocycles. The van der Waals surface area contributed by atoms with Crippen molar-refractivity contribution in [3.05, 3.63) is 58.2 Å². The zero-order valence-corrected chi connectivity index (χ0v) is 14.5. The van der Waals surface area contributed by atoms with Gasteiger partial charge in [-0.1, -0.05) is 28.1 Å². The largest absolute Gasteiger partial charge is 0.464 e. The van der Waals surface area contributed by atoms with Crippen LogP contribution in [0.2, 0.25) is 0 Å². The molecular weight excluding hydrogens is 370 g/mol. The van der Waals surface area contributed by atoms with E-state index in [4.69, 9.17) is 10.00 Å². The number of aromatic nitrogens is 1. The molecule has 0 amide bonds. The lowest BCUT2D eigenvalue weighted by atomic mass is 10.1. The number of hydrogen-bond donors (Lipinski definition) is 1. The molecule has 3 rings (SSSR count). The summed E-state index contributed by atoms with van der Waals surface area (Å²) in [6.45, 7) is 0.674. The van der Waals surface area contributed by atoms with E-state index < -0.39 is 0 Å². The number of anilines is 1. The summed E-state index contributed by atoms with van der Waals surface area (Å²) >= 11 is 3.45. The minimum absolute atomic E-state index is 0.0520. The minimum atomic E-state index is -0.164. The number of halogens is 1. The van der Waals surface area contributed by atoms with Gasteiger partial charge in [-0.3, -0.25) is 4.79 Å². The van der Waals surface area contributed by atoms with Gasteiger partial charge >= 0.3 is 5.97 Å². The highest BCUT2D eigenvalue weighted by Crippen LogP contribution is 2.48. The SMILES string of the molecule is N#Cc1cccnc1NCCOC(=O)C1CC1c1cccc(Br)c1. The first kappa shape index (κ1) is 16.5. The average molecular weight is 386 g/mol. The number of nitrogens with one attached hydrogen (secondary N) is 1. The Morgan fingerprint density at radius 2 is 2.29 bits per heavy atom. The number of ether oxygens (including phenoxy) is 1. The van der Waals surface area contributed by atoms with Gasteiger partial charge in [0.25, 0.3) is 0 Å². The first-order valence-corrected chi connectivity index (χ1v) is 8.49. The zero-order chi connectivity index (χ0) is 16.9. The number of benzene rings is 1. The van der Waals surface area contributed by atoms with Crippen molar-refractivity contribution in [2.45, 2.75) is 12.3 Å². The number of esters is 1. The molecule has 0 radical (unpaired) electrons. The van der Waals surface area contributed by atoms with Crippen molar-refractivity contribution >= 4 is 27.7 Å². The van der Waals surface area contributed by atoms with Gasteiger partial charge in [-0.25, -0.2) is 4.98 Å². The summed E-state index contributed by atoms with van der Waals surface area (Å²) in [5.41, 5.74) is 1.64. The molecule has 1 aromatic carbocycles. The highest BCUT2D eigenvalue weighted by molar-refractivity contribution is 9.10. The van der Waals surface area contributed by atoms with E-state index in [1.54, 1.807) is 18.3 Å². The van der Waals surface area contributed by atoms with Crippen LogP contribution in [0.4, 0.5) is 5.82 Å². The van der Waals surface area contributed by atoms with E-state index >= 15 is 0 Å². The molecule has 1 aromatic heterocycles. The Morgan fingerprint density at radius 3 is 3.08 bits per heavy atom. The molecule has 5 nitrogen and oxygen atoms in total. The van der Waals surface area contributed by atoms with Crippen molar-refractivity contribution in [2.24, 2.45) is 5.92 Å². The van der Waals surface area contributed by atoms with Crippen LogP contribution in [-0.2, 0) is 9.53 Å². The Kier molecular flexibility index (Phi) is 5.11. The van der Waals surface area contributed by atoms with E-state index in [-0.39, 0.29) is 24.4 Å². The molecule has 1 aliphatic rings. The van der Waals surface area contributed by atoms with Crippen molar-refractivity contribution in [1.82, 2.24) is 4.98 Å². The number of nitrogens with zero attached hydrogens (tertiary/aromatic N) is 2. The normalized spacial score (nSPS) is 18.5. The van der Waals surface area contributed by atoms with Crippen LogP contribution in [0.25, 0.3) is 0 Å². The van der Waals surface area contributed by atoms with Crippen molar-refractivity contribution in [3.8, 4) is 6.07 Å². The van der Waals surface area contributed by atoms with E-state index in [9.17, 15) is 4.79 Å². The smallest absolute Gasteiger partial charge is 0.309 e. The summed E-state index contributed by atoms with van der Waals surface area (Å²) in [6.07, 6.45) is 2.45. The minimum Gasteiger partial charge on any atom is -0.464 e. The summed E-state index contributed by atoms with van der Waals surface area (Å²) < 4.78 is 6.34. The number of rotatable bonds is 6. The molecule has 2 aromatic rings. The fourth-order valence-electron chi connectivity index (χ4n) is 2.63. The Labute approximate surface area is 148 Å². The van der Waals surface area contributed by atoms with Crippen LogP contribution >= 0.6 is 15.9 Å². The summed E-state index contributed by atoms with van der Waals surface area (Å²) in [4.78, 5) is 16.2. The third kappa shape index (κ3) is 3.92. The van der Waals surface area contributed by atoms with Gasteiger partial charge in [0, 0.05) is 10.7 Å². The van der Waals surface area contributed by atoms with Crippen molar-refractivity contribution in [1.29, 1.82) is 5.26 Å². The highest BCUT2D eigenvalue weighted by Gasteiger charge is 2.45. The van der Waals surface area contributed by atoms with Crippen LogP contribution in [0.15, 0.2) is 47.1 Å². The van der Waals surface area contributed by atoms with Crippen LogP contribution in [0.1, 0.15) is 23.5 Å². The maximum absolute atomic E-state index is 12.1. The van der Waals surface area contributed by atoms with E-state index in [1.807, 2.05) is 24.3 Å².